The number of ether oxygens (including phenoxy) is 1. The molecule has 0 bridgehead atoms. The van der Waals surface area contributed by atoms with Crippen LogP contribution in [0.2, 0.25) is 0 Å². The number of carbonyl (C=O) groups is 1. The Morgan fingerprint density at radius 2 is 2.22 bits per heavy atom. The third-order valence-corrected chi connectivity index (χ3v) is 2.59. The summed E-state index contributed by atoms with van der Waals surface area (Å²) in [5.41, 5.74) is 6.80. The maximum atomic E-state index is 11.8. The molecule has 2 rings (SSSR count). The lowest BCUT2D eigenvalue weighted by Crippen LogP contribution is -2.36. The molecule has 0 saturated heterocycles. The number of carbonyl (C=O) groups excluding carboxylic acids is 1. The van der Waals surface area contributed by atoms with E-state index >= 15 is 0 Å². The van der Waals surface area contributed by atoms with E-state index in [-0.39, 0.29) is 17.7 Å². The smallest absolute Gasteiger partial charge is 0.323 e. The van der Waals surface area contributed by atoms with Gasteiger partial charge < -0.3 is 15.5 Å². The van der Waals surface area contributed by atoms with Crippen molar-refractivity contribution in [3.63, 3.8) is 0 Å². The molecule has 1 aromatic heterocycles. The van der Waals surface area contributed by atoms with E-state index in [1.54, 1.807) is 18.2 Å². The number of nitrogens with zero attached hydrogens (tertiary/aromatic N) is 1. The van der Waals surface area contributed by atoms with Gasteiger partial charge in [0.1, 0.15) is 11.7 Å². The highest BCUT2D eigenvalue weighted by Crippen LogP contribution is 2.06. The van der Waals surface area contributed by atoms with E-state index in [0.717, 1.165) is 0 Å². The zero-order valence-corrected chi connectivity index (χ0v) is 9.84. The van der Waals surface area contributed by atoms with Gasteiger partial charge in [-0.05, 0) is 12.1 Å². The van der Waals surface area contributed by atoms with Crippen LogP contribution in [0.1, 0.15) is 5.69 Å². The number of fused-ring (bicyclic) bond motifs is 1. The van der Waals surface area contributed by atoms with Gasteiger partial charge in [-0.2, -0.15) is 0 Å². The molecule has 18 heavy (non-hydrogen) atoms. The molecule has 0 saturated carbocycles. The first-order chi connectivity index (χ1) is 8.61. The van der Waals surface area contributed by atoms with Gasteiger partial charge in [0, 0.05) is 6.42 Å². The molecule has 1 aromatic carbocycles. The number of esters is 1. The first-order valence-corrected chi connectivity index (χ1v) is 5.43. The summed E-state index contributed by atoms with van der Waals surface area (Å²) in [6, 6.07) is 6.27. The van der Waals surface area contributed by atoms with Crippen LogP contribution in [0.3, 0.4) is 0 Å². The molecule has 2 aromatic rings. The molecule has 6 nitrogen and oxygen atoms in total. The van der Waals surface area contributed by atoms with E-state index in [4.69, 9.17) is 5.73 Å². The van der Waals surface area contributed by atoms with Gasteiger partial charge in [0.15, 0.2) is 0 Å². The SMILES string of the molecule is COC(=O)C(N)Cc1nc2ccccc2[nH]c1=O. The Kier molecular flexibility index (Phi) is 3.38. The van der Waals surface area contributed by atoms with Gasteiger partial charge in [-0.1, -0.05) is 12.1 Å². The Balaban J connectivity index is 2.36. The van der Waals surface area contributed by atoms with Crippen LogP contribution in [0.15, 0.2) is 29.1 Å². The van der Waals surface area contributed by atoms with Gasteiger partial charge in [-0.15, -0.1) is 0 Å². The lowest BCUT2D eigenvalue weighted by Gasteiger charge is -2.08. The third-order valence-electron chi connectivity index (χ3n) is 2.59. The first kappa shape index (κ1) is 12.3. The summed E-state index contributed by atoms with van der Waals surface area (Å²) in [6.45, 7) is 0. The quantitative estimate of drug-likeness (QED) is 0.742. The second-order valence-corrected chi connectivity index (χ2v) is 3.86. The maximum Gasteiger partial charge on any atom is 0.323 e. The Labute approximate surface area is 103 Å². The van der Waals surface area contributed by atoms with Crippen LogP contribution in [-0.2, 0) is 16.0 Å². The summed E-state index contributed by atoms with van der Waals surface area (Å²) in [5, 5.41) is 0. The fourth-order valence-electron chi connectivity index (χ4n) is 1.65. The van der Waals surface area contributed by atoms with Crippen LogP contribution in [0, 0.1) is 0 Å². The van der Waals surface area contributed by atoms with Gasteiger partial charge in [0.05, 0.1) is 18.1 Å². The molecule has 0 aliphatic heterocycles. The monoisotopic (exact) mass is 247 g/mol. The highest BCUT2D eigenvalue weighted by atomic mass is 16.5. The number of rotatable bonds is 3. The summed E-state index contributed by atoms with van der Waals surface area (Å²) in [6.07, 6.45) is 0.0485. The van der Waals surface area contributed by atoms with E-state index in [2.05, 4.69) is 14.7 Å². The Morgan fingerprint density at radius 3 is 2.94 bits per heavy atom. The van der Waals surface area contributed by atoms with Crippen molar-refractivity contribution >= 4 is 17.0 Å². The highest BCUT2D eigenvalue weighted by Gasteiger charge is 2.17. The fourth-order valence-corrected chi connectivity index (χ4v) is 1.65. The van der Waals surface area contributed by atoms with Crippen molar-refractivity contribution in [2.45, 2.75) is 12.5 Å². The van der Waals surface area contributed by atoms with E-state index < -0.39 is 12.0 Å². The molecule has 0 spiro atoms. The minimum Gasteiger partial charge on any atom is -0.468 e. The zero-order chi connectivity index (χ0) is 13.1. The Morgan fingerprint density at radius 1 is 1.50 bits per heavy atom. The van der Waals surface area contributed by atoms with Crippen molar-refractivity contribution in [1.29, 1.82) is 0 Å². The summed E-state index contributed by atoms with van der Waals surface area (Å²) in [5.74, 6) is -0.565. The minimum absolute atomic E-state index is 0.0485. The van der Waals surface area contributed by atoms with Crippen molar-refractivity contribution in [3.8, 4) is 0 Å². The van der Waals surface area contributed by atoms with Crippen LogP contribution in [-0.4, -0.2) is 29.1 Å². The van der Waals surface area contributed by atoms with Crippen LogP contribution in [0.25, 0.3) is 11.0 Å². The van der Waals surface area contributed by atoms with Crippen molar-refractivity contribution < 1.29 is 9.53 Å². The van der Waals surface area contributed by atoms with Crippen LogP contribution < -0.4 is 11.3 Å². The van der Waals surface area contributed by atoms with Crippen molar-refractivity contribution in [2.24, 2.45) is 5.73 Å². The molecule has 1 heterocycles. The molecule has 94 valence electrons. The molecule has 6 heteroatoms. The molecular formula is C12H13N3O3. The lowest BCUT2D eigenvalue weighted by atomic mass is 10.1. The average Bonchev–Trinajstić information content (AvgIpc) is 2.38. The largest absolute Gasteiger partial charge is 0.468 e. The third kappa shape index (κ3) is 2.38. The average molecular weight is 247 g/mol. The molecular weight excluding hydrogens is 234 g/mol. The van der Waals surface area contributed by atoms with Crippen LogP contribution >= 0.6 is 0 Å². The molecule has 0 radical (unpaired) electrons. The summed E-state index contributed by atoms with van der Waals surface area (Å²) < 4.78 is 4.51. The molecule has 3 N–H and O–H groups in total. The van der Waals surface area contributed by atoms with Gasteiger partial charge in [-0.25, -0.2) is 4.98 Å². The molecule has 1 unspecified atom stereocenters. The van der Waals surface area contributed by atoms with Gasteiger partial charge in [-0.3, -0.25) is 9.59 Å². The summed E-state index contributed by atoms with van der Waals surface area (Å²) in [7, 11) is 1.25. The number of para-hydroxylation sites is 2. The number of aromatic nitrogens is 2. The van der Waals surface area contributed by atoms with E-state index in [0.29, 0.717) is 11.0 Å². The minimum atomic E-state index is -0.884. The van der Waals surface area contributed by atoms with E-state index in [1.807, 2.05) is 6.07 Å². The predicted octanol–water partition coefficient (Wildman–Crippen LogP) is -0.0341. The van der Waals surface area contributed by atoms with Crippen LogP contribution in [0.5, 0.6) is 0 Å². The Hall–Kier alpha value is -2.21. The van der Waals surface area contributed by atoms with Gasteiger partial charge in [0.2, 0.25) is 0 Å². The fraction of sp³-hybridized carbons (Fsp3) is 0.250. The molecule has 0 aliphatic carbocycles. The topological polar surface area (TPSA) is 98.1 Å². The first-order valence-electron chi connectivity index (χ1n) is 5.43. The zero-order valence-electron chi connectivity index (χ0n) is 9.84. The molecule has 0 fully saturated rings. The molecule has 0 aliphatic rings. The number of benzene rings is 1. The number of hydrogen-bond donors (Lipinski definition) is 2. The molecule has 1 atom stereocenters. The predicted molar refractivity (Wildman–Crippen MR) is 66.1 cm³/mol. The second-order valence-electron chi connectivity index (χ2n) is 3.86. The number of hydrogen-bond acceptors (Lipinski definition) is 5. The summed E-state index contributed by atoms with van der Waals surface area (Å²) in [4.78, 5) is 29.9. The summed E-state index contributed by atoms with van der Waals surface area (Å²) >= 11 is 0. The van der Waals surface area contributed by atoms with Crippen molar-refractivity contribution in [2.75, 3.05) is 7.11 Å². The van der Waals surface area contributed by atoms with E-state index in [1.165, 1.54) is 7.11 Å². The number of aromatic amines is 1. The van der Waals surface area contributed by atoms with Crippen molar-refractivity contribution in [1.82, 2.24) is 9.97 Å². The van der Waals surface area contributed by atoms with E-state index in [9.17, 15) is 9.59 Å². The number of H-pyrrole nitrogens is 1. The van der Waals surface area contributed by atoms with Crippen molar-refractivity contribution in [3.05, 3.63) is 40.3 Å². The standard InChI is InChI=1S/C12H13N3O3/c1-18-12(17)7(13)6-10-11(16)15-9-5-3-2-4-8(9)14-10/h2-5,7H,6,13H2,1H3,(H,15,16). The number of nitrogens with one attached hydrogen (secondary N) is 1. The molecule has 0 amide bonds. The van der Waals surface area contributed by atoms with Gasteiger partial charge in [0.25, 0.3) is 5.56 Å². The lowest BCUT2D eigenvalue weighted by molar-refractivity contribution is -0.142. The highest BCUT2D eigenvalue weighted by molar-refractivity contribution is 5.76. The normalized spacial score (nSPS) is 12.3. The number of nitrogens with two attached hydrogens (primary N) is 1. The number of methoxy groups -OCH3 is 1. The van der Waals surface area contributed by atoms with Gasteiger partial charge >= 0.3 is 5.97 Å². The Bertz CT molecular complexity index is 636. The van der Waals surface area contributed by atoms with Crippen LogP contribution in [0.4, 0.5) is 0 Å². The maximum absolute atomic E-state index is 11.8. The second kappa shape index (κ2) is 4.97.